The molecule has 3 aromatic rings. The van der Waals surface area contributed by atoms with Crippen LogP contribution < -0.4 is 0 Å². The van der Waals surface area contributed by atoms with Gasteiger partial charge in [-0.05, 0) is 61.9 Å². The summed E-state index contributed by atoms with van der Waals surface area (Å²) < 4.78 is 30.9. The third kappa shape index (κ3) is 7.26. The van der Waals surface area contributed by atoms with Gasteiger partial charge in [0.15, 0.2) is 0 Å². The highest BCUT2D eigenvalue weighted by Gasteiger charge is 2.32. The first-order valence-corrected chi connectivity index (χ1v) is 17.0. The summed E-state index contributed by atoms with van der Waals surface area (Å²) >= 11 is 6.72. The summed E-state index contributed by atoms with van der Waals surface area (Å²) in [4.78, 5) is 26.4. The van der Waals surface area contributed by atoms with Gasteiger partial charge in [0.2, 0.25) is 10.0 Å². The second-order valence-electron chi connectivity index (χ2n) is 10.9. The highest BCUT2D eigenvalue weighted by Crippen LogP contribution is 2.36. The van der Waals surface area contributed by atoms with Crippen LogP contribution in [0.3, 0.4) is 0 Å². The minimum Gasteiger partial charge on any atom is -0.481 e. The molecule has 2 aliphatic heterocycles. The summed E-state index contributed by atoms with van der Waals surface area (Å²) in [6.45, 7) is 3.50. The molecule has 226 valence electrons. The van der Waals surface area contributed by atoms with Crippen molar-refractivity contribution in [1.82, 2.24) is 19.0 Å². The number of thiocarbonyl (C=S) groups is 1. The Hall–Kier alpha value is -3.32. The Morgan fingerprint density at radius 2 is 1.93 bits per heavy atom. The van der Waals surface area contributed by atoms with Crippen LogP contribution in [-0.4, -0.2) is 68.3 Å². The van der Waals surface area contributed by atoms with Gasteiger partial charge in [0.05, 0.1) is 15.5 Å². The molecule has 2 aromatic carbocycles. The second-order valence-corrected chi connectivity index (χ2v) is 14.5. The van der Waals surface area contributed by atoms with Gasteiger partial charge in [-0.3, -0.25) is 14.5 Å². The Kier molecular flexibility index (Phi) is 9.80. The number of amides is 1. The van der Waals surface area contributed by atoms with Gasteiger partial charge in [-0.1, -0.05) is 67.7 Å². The monoisotopic (exact) mass is 638 g/mol. The van der Waals surface area contributed by atoms with Gasteiger partial charge in [0.25, 0.3) is 5.91 Å². The van der Waals surface area contributed by atoms with E-state index in [1.807, 2.05) is 42.6 Å². The molecule has 1 amide bonds. The van der Waals surface area contributed by atoms with Crippen LogP contribution >= 0.6 is 24.0 Å². The van der Waals surface area contributed by atoms with E-state index in [0.29, 0.717) is 70.9 Å². The number of carbonyl (C=O) groups is 2. The van der Waals surface area contributed by atoms with Crippen molar-refractivity contribution in [3.05, 3.63) is 71.3 Å². The fourth-order valence-electron chi connectivity index (χ4n) is 5.30. The molecule has 0 radical (unpaired) electrons. The molecular formula is C31H34N4O5S3. The average Bonchev–Trinajstić information content (AvgIpc) is 3.53. The van der Waals surface area contributed by atoms with Crippen molar-refractivity contribution in [2.45, 2.75) is 50.3 Å². The molecule has 12 heteroatoms. The number of carboxylic acids is 1. The molecule has 0 spiro atoms. The van der Waals surface area contributed by atoms with Crippen LogP contribution in [0.2, 0.25) is 0 Å². The third-order valence-electron chi connectivity index (χ3n) is 7.56. The Bertz CT molecular complexity index is 1650. The number of carbonyl (C=O) groups excluding carboxylic acids is 1. The van der Waals surface area contributed by atoms with Crippen molar-refractivity contribution >= 4 is 56.3 Å². The predicted molar refractivity (Wildman–Crippen MR) is 172 cm³/mol. The zero-order valence-corrected chi connectivity index (χ0v) is 26.3. The van der Waals surface area contributed by atoms with E-state index in [9.17, 15) is 18.0 Å². The van der Waals surface area contributed by atoms with E-state index in [2.05, 4.69) is 6.92 Å². The molecule has 2 aliphatic rings. The van der Waals surface area contributed by atoms with Crippen molar-refractivity contribution < 1.29 is 23.1 Å². The van der Waals surface area contributed by atoms with Crippen LogP contribution in [0.25, 0.3) is 23.0 Å². The van der Waals surface area contributed by atoms with Gasteiger partial charge in [-0.15, -0.1) is 0 Å². The molecule has 9 nitrogen and oxygen atoms in total. The number of aliphatic carboxylic acids is 1. The minimum absolute atomic E-state index is 0.103. The summed E-state index contributed by atoms with van der Waals surface area (Å²) in [6.07, 6.45) is 7.44. The highest BCUT2D eigenvalue weighted by atomic mass is 32.2. The number of thioether (sulfide) groups is 1. The zero-order chi connectivity index (χ0) is 30.6. The Morgan fingerprint density at radius 1 is 1.14 bits per heavy atom. The van der Waals surface area contributed by atoms with Crippen LogP contribution in [0.4, 0.5) is 0 Å². The number of piperidine rings is 1. The molecule has 1 aromatic heterocycles. The molecule has 0 saturated carbocycles. The van der Waals surface area contributed by atoms with Crippen LogP contribution in [0, 0.1) is 5.92 Å². The largest absolute Gasteiger partial charge is 0.481 e. The van der Waals surface area contributed by atoms with E-state index in [-0.39, 0.29) is 17.2 Å². The lowest BCUT2D eigenvalue weighted by Gasteiger charge is -2.30. The number of carboxylic acid groups (broad SMARTS) is 1. The molecule has 0 aliphatic carbocycles. The van der Waals surface area contributed by atoms with E-state index >= 15 is 0 Å². The molecule has 2 saturated heterocycles. The van der Waals surface area contributed by atoms with Gasteiger partial charge in [-0.25, -0.2) is 13.1 Å². The quantitative estimate of drug-likeness (QED) is 0.159. The molecule has 2 fully saturated rings. The number of nitrogens with zero attached hydrogens (tertiary/aromatic N) is 4. The number of benzene rings is 2. The summed E-state index contributed by atoms with van der Waals surface area (Å²) in [6, 6.07) is 16.4. The van der Waals surface area contributed by atoms with Crippen molar-refractivity contribution in [2.75, 3.05) is 19.6 Å². The minimum atomic E-state index is -3.68. The number of rotatable bonds is 11. The Balaban J connectivity index is 1.46. The molecule has 3 heterocycles. The fraction of sp³-hybridized carbons (Fsp3) is 0.355. The SMILES string of the molecule is CC1CCCN(S(=O)(=O)c2cccc(-c3nn(-c4ccccc4)cc3/C=C3\SC(=S)N(CCCCCC(=O)O)C3=O)c2)C1. The van der Waals surface area contributed by atoms with E-state index < -0.39 is 16.0 Å². The van der Waals surface area contributed by atoms with Crippen molar-refractivity contribution in [3.8, 4) is 16.9 Å². The molecule has 43 heavy (non-hydrogen) atoms. The van der Waals surface area contributed by atoms with Crippen LogP contribution in [0.5, 0.6) is 0 Å². The number of sulfonamides is 1. The van der Waals surface area contributed by atoms with Gasteiger partial charge in [-0.2, -0.15) is 9.40 Å². The molecule has 1 N–H and O–H groups in total. The molecule has 5 rings (SSSR count). The summed E-state index contributed by atoms with van der Waals surface area (Å²) in [5.74, 6) is -0.727. The lowest BCUT2D eigenvalue weighted by molar-refractivity contribution is -0.137. The van der Waals surface area contributed by atoms with Crippen molar-refractivity contribution in [1.29, 1.82) is 0 Å². The smallest absolute Gasteiger partial charge is 0.303 e. The van der Waals surface area contributed by atoms with Gasteiger partial charge in [0.1, 0.15) is 10.0 Å². The predicted octanol–water partition coefficient (Wildman–Crippen LogP) is 5.81. The van der Waals surface area contributed by atoms with Gasteiger partial charge < -0.3 is 5.11 Å². The molecule has 0 bridgehead atoms. The maximum Gasteiger partial charge on any atom is 0.303 e. The van der Waals surface area contributed by atoms with E-state index in [1.165, 1.54) is 11.8 Å². The maximum atomic E-state index is 13.6. The second kappa shape index (κ2) is 13.5. The van der Waals surface area contributed by atoms with Gasteiger partial charge in [0, 0.05) is 43.4 Å². The fourth-order valence-corrected chi connectivity index (χ4v) is 8.25. The number of unbranched alkanes of at least 4 members (excludes halogenated alkanes) is 2. The number of hydrogen-bond acceptors (Lipinski definition) is 7. The third-order valence-corrected chi connectivity index (χ3v) is 10.8. The van der Waals surface area contributed by atoms with E-state index in [0.717, 1.165) is 18.5 Å². The average molecular weight is 639 g/mol. The van der Waals surface area contributed by atoms with Crippen LogP contribution in [0.1, 0.15) is 51.0 Å². The lowest BCUT2D eigenvalue weighted by Crippen LogP contribution is -2.39. The number of hydrogen-bond donors (Lipinski definition) is 1. The van der Waals surface area contributed by atoms with E-state index in [4.69, 9.17) is 22.4 Å². The van der Waals surface area contributed by atoms with Gasteiger partial charge >= 0.3 is 5.97 Å². The number of aromatic nitrogens is 2. The Labute approximate surface area is 261 Å². The van der Waals surface area contributed by atoms with Crippen LogP contribution in [-0.2, 0) is 19.6 Å². The standard InChI is InChI=1S/C31H34N4O5S3/c1-22-10-9-16-33(20-22)43(39,40)26-14-8-11-23(18-26)29-24(21-35(32-29)25-12-4-2-5-13-25)19-27-30(38)34(31(41)42-27)17-7-3-6-15-28(36)37/h2,4-5,8,11-14,18-19,21-22H,3,6-7,9-10,15-17,20H2,1H3,(H,36,37)/b27-19-. The highest BCUT2D eigenvalue weighted by molar-refractivity contribution is 8.26. The van der Waals surface area contributed by atoms with Crippen molar-refractivity contribution in [3.63, 3.8) is 0 Å². The zero-order valence-electron chi connectivity index (χ0n) is 23.9. The first kappa shape index (κ1) is 31.1. The maximum absolute atomic E-state index is 13.6. The molecular weight excluding hydrogens is 605 g/mol. The summed E-state index contributed by atoms with van der Waals surface area (Å²) in [7, 11) is -3.68. The van der Waals surface area contributed by atoms with Crippen molar-refractivity contribution in [2.24, 2.45) is 5.92 Å². The molecule has 1 unspecified atom stereocenters. The van der Waals surface area contributed by atoms with E-state index in [1.54, 1.807) is 38.2 Å². The van der Waals surface area contributed by atoms with Crippen LogP contribution in [0.15, 0.2) is 70.6 Å². The lowest BCUT2D eigenvalue weighted by atomic mass is 10.0. The number of para-hydroxylation sites is 1. The normalized spacial score (nSPS) is 19.0. The summed E-state index contributed by atoms with van der Waals surface area (Å²) in [5, 5.41) is 13.7. The first-order valence-electron chi connectivity index (χ1n) is 14.4. The molecule has 1 atom stereocenters. The topological polar surface area (TPSA) is 113 Å². The summed E-state index contributed by atoms with van der Waals surface area (Å²) in [5.41, 5.74) is 2.66. The Morgan fingerprint density at radius 3 is 2.67 bits per heavy atom. The first-order chi connectivity index (χ1) is 20.6.